The highest BCUT2D eigenvalue weighted by Crippen LogP contribution is 2.24. The SMILES string of the molecule is Cc1ccc(C=Nc2ccccc2Br)n1-c1ccccc1. The number of aryl methyl sites for hydroxylation is 1. The molecule has 1 aromatic heterocycles. The molecule has 2 nitrogen and oxygen atoms in total. The first-order valence-electron chi connectivity index (χ1n) is 6.78. The van der Waals surface area contributed by atoms with Gasteiger partial charge in [-0.05, 0) is 59.3 Å². The normalized spacial score (nSPS) is 11.1. The molecule has 0 spiro atoms. The summed E-state index contributed by atoms with van der Waals surface area (Å²) < 4.78 is 3.19. The molecule has 0 aliphatic carbocycles. The molecular formula is C18H15BrN2. The van der Waals surface area contributed by atoms with Gasteiger partial charge in [-0.15, -0.1) is 0 Å². The Morgan fingerprint density at radius 1 is 0.905 bits per heavy atom. The number of hydrogen-bond acceptors (Lipinski definition) is 1. The van der Waals surface area contributed by atoms with E-state index in [0.29, 0.717) is 0 Å². The number of rotatable bonds is 3. The highest BCUT2D eigenvalue weighted by molar-refractivity contribution is 9.10. The van der Waals surface area contributed by atoms with Crippen molar-refractivity contribution in [3.05, 3.63) is 82.6 Å². The summed E-state index contributed by atoms with van der Waals surface area (Å²) in [5, 5.41) is 0. The molecule has 0 bridgehead atoms. The maximum Gasteiger partial charge on any atom is 0.0772 e. The van der Waals surface area contributed by atoms with Crippen LogP contribution in [0.15, 0.2) is 76.2 Å². The minimum Gasteiger partial charge on any atom is -0.313 e. The van der Waals surface area contributed by atoms with Gasteiger partial charge >= 0.3 is 0 Å². The molecule has 3 heteroatoms. The van der Waals surface area contributed by atoms with E-state index in [9.17, 15) is 0 Å². The zero-order valence-corrected chi connectivity index (χ0v) is 13.3. The Morgan fingerprint density at radius 2 is 1.62 bits per heavy atom. The lowest BCUT2D eigenvalue weighted by Gasteiger charge is -2.09. The summed E-state index contributed by atoms with van der Waals surface area (Å²) in [7, 11) is 0. The Morgan fingerprint density at radius 3 is 2.38 bits per heavy atom. The summed E-state index contributed by atoms with van der Waals surface area (Å²) in [5.41, 5.74) is 4.33. The largest absolute Gasteiger partial charge is 0.313 e. The topological polar surface area (TPSA) is 17.3 Å². The van der Waals surface area contributed by atoms with E-state index in [-0.39, 0.29) is 0 Å². The number of aromatic nitrogens is 1. The van der Waals surface area contributed by atoms with Gasteiger partial charge in [0.05, 0.1) is 17.6 Å². The van der Waals surface area contributed by atoms with Crippen LogP contribution in [0.4, 0.5) is 5.69 Å². The number of halogens is 1. The minimum atomic E-state index is 0.927. The average Bonchev–Trinajstić information content (AvgIpc) is 2.88. The van der Waals surface area contributed by atoms with Gasteiger partial charge in [0.25, 0.3) is 0 Å². The second-order valence-corrected chi connectivity index (χ2v) is 5.63. The molecule has 0 aliphatic rings. The highest BCUT2D eigenvalue weighted by atomic mass is 79.9. The monoisotopic (exact) mass is 338 g/mol. The van der Waals surface area contributed by atoms with Crippen molar-refractivity contribution in [2.24, 2.45) is 4.99 Å². The third-order valence-corrected chi connectivity index (χ3v) is 3.98. The van der Waals surface area contributed by atoms with Crippen molar-refractivity contribution >= 4 is 27.8 Å². The first kappa shape index (κ1) is 13.8. The van der Waals surface area contributed by atoms with Crippen LogP contribution in [-0.4, -0.2) is 10.8 Å². The van der Waals surface area contributed by atoms with Crippen LogP contribution in [0.25, 0.3) is 5.69 Å². The Balaban J connectivity index is 2.00. The van der Waals surface area contributed by atoms with Crippen LogP contribution < -0.4 is 0 Å². The Kier molecular flexibility index (Phi) is 4.02. The van der Waals surface area contributed by atoms with Gasteiger partial charge in [-0.25, -0.2) is 0 Å². The Labute approximate surface area is 132 Å². The van der Waals surface area contributed by atoms with Gasteiger partial charge in [0, 0.05) is 15.9 Å². The number of para-hydroxylation sites is 2. The first-order chi connectivity index (χ1) is 10.3. The fraction of sp³-hybridized carbons (Fsp3) is 0.0556. The zero-order chi connectivity index (χ0) is 14.7. The first-order valence-corrected chi connectivity index (χ1v) is 7.57. The molecule has 0 N–H and O–H groups in total. The number of nitrogens with zero attached hydrogens (tertiary/aromatic N) is 2. The average molecular weight is 339 g/mol. The van der Waals surface area contributed by atoms with Crippen molar-refractivity contribution in [2.45, 2.75) is 6.92 Å². The van der Waals surface area contributed by atoms with E-state index in [0.717, 1.165) is 21.5 Å². The summed E-state index contributed by atoms with van der Waals surface area (Å²) in [6.45, 7) is 2.10. The second-order valence-electron chi connectivity index (χ2n) is 4.78. The smallest absolute Gasteiger partial charge is 0.0772 e. The van der Waals surface area contributed by atoms with Gasteiger partial charge in [-0.2, -0.15) is 0 Å². The number of benzene rings is 2. The van der Waals surface area contributed by atoms with Crippen molar-refractivity contribution in [3.63, 3.8) is 0 Å². The number of hydrogen-bond donors (Lipinski definition) is 0. The van der Waals surface area contributed by atoms with E-state index in [1.807, 2.05) is 48.7 Å². The van der Waals surface area contributed by atoms with Crippen molar-refractivity contribution in [1.82, 2.24) is 4.57 Å². The molecule has 0 amide bonds. The molecule has 0 unspecified atom stereocenters. The van der Waals surface area contributed by atoms with Gasteiger partial charge < -0.3 is 4.57 Å². The molecular weight excluding hydrogens is 324 g/mol. The van der Waals surface area contributed by atoms with Gasteiger partial charge in [-0.1, -0.05) is 30.3 Å². The van der Waals surface area contributed by atoms with Crippen molar-refractivity contribution in [2.75, 3.05) is 0 Å². The predicted molar refractivity (Wildman–Crippen MR) is 91.9 cm³/mol. The molecule has 3 aromatic rings. The van der Waals surface area contributed by atoms with E-state index in [4.69, 9.17) is 0 Å². The summed E-state index contributed by atoms with van der Waals surface area (Å²) in [4.78, 5) is 4.58. The fourth-order valence-electron chi connectivity index (χ4n) is 2.28. The van der Waals surface area contributed by atoms with Gasteiger partial charge in [0.1, 0.15) is 0 Å². The van der Waals surface area contributed by atoms with Gasteiger partial charge in [0.2, 0.25) is 0 Å². The molecule has 21 heavy (non-hydrogen) atoms. The maximum atomic E-state index is 4.58. The summed E-state index contributed by atoms with van der Waals surface area (Å²) in [6.07, 6.45) is 1.90. The van der Waals surface area contributed by atoms with Crippen LogP contribution >= 0.6 is 15.9 Å². The zero-order valence-electron chi connectivity index (χ0n) is 11.7. The van der Waals surface area contributed by atoms with E-state index < -0.39 is 0 Å². The molecule has 0 saturated heterocycles. The predicted octanol–water partition coefficient (Wildman–Crippen LogP) is 5.30. The van der Waals surface area contributed by atoms with Gasteiger partial charge in [-0.3, -0.25) is 4.99 Å². The van der Waals surface area contributed by atoms with Crippen LogP contribution in [-0.2, 0) is 0 Å². The van der Waals surface area contributed by atoms with Crippen LogP contribution in [0.1, 0.15) is 11.4 Å². The molecule has 0 fully saturated rings. The van der Waals surface area contributed by atoms with E-state index in [1.54, 1.807) is 0 Å². The van der Waals surface area contributed by atoms with Crippen LogP contribution in [0, 0.1) is 6.92 Å². The summed E-state index contributed by atoms with van der Waals surface area (Å²) in [5.74, 6) is 0. The van der Waals surface area contributed by atoms with Crippen LogP contribution in [0.2, 0.25) is 0 Å². The van der Waals surface area contributed by atoms with E-state index >= 15 is 0 Å². The summed E-state index contributed by atoms with van der Waals surface area (Å²) in [6, 6.07) is 22.5. The lowest BCUT2D eigenvalue weighted by Crippen LogP contribution is -2.00. The minimum absolute atomic E-state index is 0.927. The summed E-state index contributed by atoms with van der Waals surface area (Å²) >= 11 is 3.52. The lowest BCUT2D eigenvalue weighted by molar-refractivity contribution is 1.01. The van der Waals surface area contributed by atoms with E-state index in [1.165, 1.54) is 5.69 Å². The molecule has 104 valence electrons. The molecule has 1 heterocycles. The van der Waals surface area contributed by atoms with Crippen molar-refractivity contribution in [1.29, 1.82) is 0 Å². The van der Waals surface area contributed by atoms with E-state index in [2.05, 4.69) is 56.7 Å². The maximum absolute atomic E-state index is 4.58. The number of aliphatic imine (C=N–C) groups is 1. The van der Waals surface area contributed by atoms with Gasteiger partial charge in [0.15, 0.2) is 0 Å². The van der Waals surface area contributed by atoms with Crippen LogP contribution in [0.5, 0.6) is 0 Å². The molecule has 0 aliphatic heterocycles. The third kappa shape index (κ3) is 2.98. The van der Waals surface area contributed by atoms with Crippen molar-refractivity contribution in [3.8, 4) is 5.69 Å². The van der Waals surface area contributed by atoms with Crippen LogP contribution in [0.3, 0.4) is 0 Å². The quantitative estimate of drug-likeness (QED) is 0.576. The standard InChI is InChI=1S/C18H15BrN2/c1-14-11-12-16(21(14)15-7-3-2-4-8-15)13-20-18-10-6-5-9-17(18)19/h2-13H,1H3. The molecule has 2 aromatic carbocycles. The lowest BCUT2D eigenvalue weighted by atomic mass is 10.3. The molecule has 0 atom stereocenters. The Hall–Kier alpha value is -2.13. The third-order valence-electron chi connectivity index (χ3n) is 3.31. The fourth-order valence-corrected chi connectivity index (χ4v) is 2.67. The molecule has 0 radical (unpaired) electrons. The second kappa shape index (κ2) is 6.10. The highest BCUT2D eigenvalue weighted by Gasteiger charge is 2.05. The molecule has 3 rings (SSSR count). The molecule has 0 saturated carbocycles. The van der Waals surface area contributed by atoms with Crippen molar-refractivity contribution < 1.29 is 0 Å². The Bertz CT molecular complexity index is 773.